The molecule has 0 fully saturated rings. The highest BCUT2D eigenvalue weighted by Gasteiger charge is 2.32. The molecule has 0 aromatic heterocycles. The molecule has 1 atom stereocenters. The minimum atomic E-state index is -0.0897. The summed E-state index contributed by atoms with van der Waals surface area (Å²) in [6.45, 7) is 8.27. The van der Waals surface area contributed by atoms with Crippen LogP contribution in [0.4, 0.5) is 0 Å². The van der Waals surface area contributed by atoms with Crippen molar-refractivity contribution >= 4 is 29.3 Å². The average molecular weight is 357 g/mol. The van der Waals surface area contributed by atoms with Crippen molar-refractivity contribution in [2.24, 2.45) is 0 Å². The molecule has 2 heterocycles. The van der Waals surface area contributed by atoms with Gasteiger partial charge in [0.1, 0.15) is 5.76 Å². The van der Waals surface area contributed by atoms with E-state index in [9.17, 15) is 9.90 Å². The van der Waals surface area contributed by atoms with Crippen molar-refractivity contribution in [1.82, 2.24) is 0 Å². The number of aliphatic hydroxyl groups excluding tert-OH is 1. The molecule has 0 radical (unpaired) electrons. The van der Waals surface area contributed by atoms with Gasteiger partial charge in [0.2, 0.25) is 5.78 Å². The van der Waals surface area contributed by atoms with Gasteiger partial charge in [-0.05, 0) is 83.9 Å². The van der Waals surface area contributed by atoms with Crippen LogP contribution in [-0.4, -0.2) is 16.1 Å². The standard InChI is InChI=1S/C20H20O2S2/c1-11-5-15(6-12(2)23-11)9-17-19(21)18(20(17)22)10-16-7-13(3)24-14(4)8-16/h5-11,21H,1-4H3/b17-9-. The molecule has 0 aromatic carbocycles. The van der Waals surface area contributed by atoms with E-state index in [1.54, 1.807) is 35.7 Å². The normalized spacial score (nSPS) is 25.8. The van der Waals surface area contributed by atoms with Crippen LogP contribution in [-0.2, 0) is 4.79 Å². The Morgan fingerprint density at radius 3 is 2.29 bits per heavy atom. The smallest absolute Gasteiger partial charge is 0.200 e. The van der Waals surface area contributed by atoms with Crippen LogP contribution in [0.1, 0.15) is 27.7 Å². The van der Waals surface area contributed by atoms with Crippen molar-refractivity contribution in [3.8, 4) is 0 Å². The molecule has 0 aromatic rings. The summed E-state index contributed by atoms with van der Waals surface area (Å²) in [6, 6.07) is 0. The van der Waals surface area contributed by atoms with Gasteiger partial charge >= 0.3 is 0 Å². The largest absolute Gasteiger partial charge is 0.506 e. The zero-order chi connectivity index (χ0) is 17.4. The van der Waals surface area contributed by atoms with Gasteiger partial charge in [-0.2, -0.15) is 0 Å². The summed E-state index contributed by atoms with van der Waals surface area (Å²) in [7, 11) is 0. The highest BCUT2D eigenvalue weighted by molar-refractivity contribution is 8.06. The Kier molecular flexibility index (Phi) is 4.79. The first kappa shape index (κ1) is 17.2. The van der Waals surface area contributed by atoms with Crippen LogP contribution in [0.5, 0.6) is 0 Å². The molecule has 124 valence electrons. The van der Waals surface area contributed by atoms with E-state index >= 15 is 0 Å². The quantitative estimate of drug-likeness (QED) is 0.639. The van der Waals surface area contributed by atoms with Crippen molar-refractivity contribution in [2.45, 2.75) is 32.9 Å². The van der Waals surface area contributed by atoms with Gasteiger partial charge < -0.3 is 5.11 Å². The van der Waals surface area contributed by atoms with E-state index < -0.39 is 0 Å². The summed E-state index contributed by atoms with van der Waals surface area (Å²) >= 11 is 3.51. The third-order valence-corrected chi connectivity index (χ3v) is 5.73. The number of carbonyl (C=O) groups excluding carboxylic acids is 1. The topological polar surface area (TPSA) is 37.3 Å². The summed E-state index contributed by atoms with van der Waals surface area (Å²) in [5.74, 6) is 0.00818. The lowest BCUT2D eigenvalue weighted by Gasteiger charge is -2.21. The van der Waals surface area contributed by atoms with Crippen molar-refractivity contribution in [2.75, 3.05) is 0 Å². The number of ketones is 1. The zero-order valence-corrected chi connectivity index (χ0v) is 15.8. The van der Waals surface area contributed by atoms with E-state index in [2.05, 4.69) is 19.9 Å². The molecule has 3 rings (SSSR count). The molecular formula is C20H20O2S2. The van der Waals surface area contributed by atoms with E-state index in [-0.39, 0.29) is 11.5 Å². The summed E-state index contributed by atoms with van der Waals surface area (Å²) in [5, 5.41) is 10.7. The lowest BCUT2D eigenvalue weighted by atomic mass is 9.85. The number of aliphatic hydroxyl groups is 1. The van der Waals surface area contributed by atoms with Crippen molar-refractivity contribution in [3.63, 3.8) is 0 Å². The van der Waals surface area contributed by atoms with Crippen molar-refractivity contribution in [1.29, 1.82) is 0 Å². The summed E-state index contributed by atoms with van der Waals surface area (Å²) in [5.41, 5.74) is 2.75. The predicted molar refractivity (Wildman–Crippen MR) is 105 cm³/mol. The fraction of sp³-hybridized carbons (Fsp3) is 0.250. The summed E-state index contributed by atoms with van der Waals surface area (Å²) < 4.78 is 0. The molecule has 3 aliphatic rings. The molecule has 0 saturated heterocycles. The van der Waals surface area contributed by atoms with Crippen LogP contribution in [0.2, 0.25) is 0 Å². The monoisotopic (exact) mass is 356 g/mol. The van der Waals surface area contributed by atoms with Gasteiger partial charge in [-0.25, -0.2) is 0 Å². The third-order valence-electron chi connectivity index (χ3n) is 3.85. The van der Waals surface area contributed by atoms with Crippen LogP contribution < -0.4 is 0 Å². The van der Waals surface area contributed by atoms with Gasteiger partial charge in [-0.1, -0.05) is 17.8 Å². The second-order valence-electron chi connectivity index (χ2n) is 6.15. The maximum absolute atomic E-state index is 12.4. The number of hydrogen-bond donors (Lipinski definition) is 1. The van der Waals surface area contributed by atoms with Crippen LogP contribution in [0.3, 0.4) is 0 Å². The molecule has 0 spiro atoms. The van der Waals surface area contributed by atoms with E-state index in [0.717, 1.165) is 11.1 Å². The number of thioether (sulfide) groups is 2. The minimum absolute atomic E-state index is 0.0897. The number of Topliss-reactive ketones (excluding diaryl/α,β-unsaturated/α-hetero) is 1. The second kappa shape index (κ2) is 6.69. The second-order valence-corrected chi connectivity index (χ2v) is 9.27. The van der Waals surface area contributed by atoms with E-state index in [4.69, 9.17) is 0 Å². The van der Waals surface area contributed by atoms with Gasteiger partial charge in [0, 0.05) is 5.25 Å². The lowest BCUT2D eigenvalue weighted by Crippen LogP contribution is -2.21. The predicted octanol–water partition coefficient (Wildman–Crippen LogP) is 5.75. The molecule has 0 saturated carbocycles. The summed E-state index contributed by atoms with van der Waals surface area (Å²) in [6.07, 6.45) is 11.8. The van der Waals surface area contributed by atoms with Gasteiger partial charge in [-0.15, -0.1) is 11.8 Å². The SMILES string of the molecule is CC1=CC(=CC2=C(O)/C(=C/C3=CC(C)SC(C)=C3)C2=O)C=C(C)S1. The van der Waals surface area contributed by atoms with Crippen molar-refractivity contribution < 1.29 is 9.90 Å². The Balaban J connectivity index is 1.90. The van der Waals surface area contributed by atoms with E-state index in [0.29, 0.717) is 16.4 Å². The average Bonchev–Trinajstić information content (AvgIpc) is 2.48. The van der Waals surface area contributed by atoms with E-state index in [1.165, 1.54) is 14.7 Å². The van der Waals surface area contributed by atoms with Crippen molar-refractivity contribution in [3.05, 3.63) is 79.2 Å². The molecule has 24 heavy (non-hydrogen) atoms. The first-order chi connectivity index (χ1) is 11.3. The highest BCUT2D eigenvalue weighted by Crippen LogP contribution is 2.36. The Morgan fingerprint density at radius 2 is 1.71 bits per heavy atom. The number of hydrogen-bond acceptors (Lipinski definition) is 4. The third kappa shape index (κ3) is 3.55. The van der Waals surface area contributed by atoms with Gasteiger partial charge in [-0.3, -0.25) is 4.79 Å². The maximum atomic E-state index is 12.4. The van der Waals surface area contributed by atoms with Gasteiger partial charge in [0.15, 0.2) is 0 Å². The van der Waals surface area contributed by atoms with Crippen LogP contribution in [0.15, 0.2) is 79.2 Å². The molecule has 1 aliphatic carbocycles. The van der Waals surface area contributed by atoms with Gasteiger partial charge in [0.05, 0.1) is 11.1 Å². The molecule has 2 nitrogen and oxygen atoms in total. The molecule has 0 amide bonds. The first-order valence-electron chi connectivity index (χ1n) is 7.86. The number of rotatable bonds is 2. The fourth-order valence-electron chi connectivity index (χ4n) is 2.96. The summed E-state index contributed by atoms with van der Waals surface area (Å²) in [4.78, 5) is 16.0. The molecular weight excluding hydrogens is 336 g/mol. The molecule has 0 bridgehead atoms. The Bertz CT molecular complexity index is 810. The van der Waals surface area contributed by atoms with Crippen LogP contribution in [0, 0.1) is 0 Å². The zero-order valence-electron chi connectivity index (χ0n) is 14.2. The Labute approximate surface area is 151 Å². The Hall–Kier alpha value is -1.65. The Morgan fingerprint density at radius 1 is 1.04 bits per heavy atom. The number of allylic oxidation sites excluding steroid dienone is 12. The van der Waals surface area contributed by atoms with E-state index in [1.807, 2.05) is 32.1 Å². The lowest BCUT2D eigenvalue weighted by molar-refractivity contribution is -0.113. The first-order valence-corrected chi connectivity index (χ1v) is 9.56. The molecule has 1 unspecified atom stereocenters. The maximum Gasteiger partial charge on any atom is 0.200 e. The molecule has 2 aliphatic heterocycles. The fourth-order valence-corrected chi connectivity index (χ4v) is 4.87. The van der Waals surface area contributed by atoms with Crippen LogP contribution >= 0.6 is 23.5 Å². The minimum Gasteiger partial charge on any atom is -0.506 e. The highest BCUT2D eigenvalue weighted by atomic mass is 32.2. The number of carbonyl (C=O) groups is 1. The van der Waals surface area contributed by atoms with Gasteiger partial charge in [0.25, 0.3) is 0 Å². The van der Waals surface area contributed by atoms with Crippen LogP contribution in [0.25, 0.3) is 0 Å². The molecule has 4 heteroatoms. The molecule has 1 N–H and O–H groups in total.